The number of hydrogen-bond acceptors (Lipinski definition) is 0. The highest BCUT2D eigenvalue weighted by atomic mass is 27.2. The van der Waals surface area contributed by atoms with Gasteiger partial charge in [-0.1, -0.05) is 114 Å². The van der Waals surface area contributed by atoms with Crippen molar-refractivity contribution in [2.45, 2.75) is 72.6 Å². The molecule has 26 heteroatoms. The van der Waals surface area contributed by atoms with Crippen molar-refractivity contribution in [1.29, 1.82) is 0 Å². The number of halogens is 24. The van der Waals surface area contributed by atoms with E-state index in [0.717, 1.165) is 11.8 Å². The van der Waals surface area contributed by atoms with Crippen LogP contribution in [0.25, 0.3) is 54.2 Å². The van der Waals surface area contributed by atoms with Crippen molar-refractivity contribution in [3.63, 3.8) is 0 Å². The normalized spacial score (nSPS) is 12.4. The fourth-order valence-electron chi connectivity index (χ4n) is 12.0. The lowest BCUT2D eigenvalue weighted by Crippen LogP contribution is -2.85. The third-order valence-electron chi connectivity index (χ3n) is 16.5. The summed E-state index contributed by atoms with van der Waals surface area (Å²) < 4.78 is 368. The smallest absolute Gasteiger partial charge is 0.286 e. The van der Waals surface area contributed by atoms with E-state index in [1.54, 1.807) is 0 Å². The van der Waals surface area contributed by atoms with Gasteiger partial charge in [0.15, 0.2) is 116 Å². The molecule has 0 radical (unpaired) electrons. The highest BCUT2D eigenvalue weighted by Crippen LogP contribution is 2.40. The van der Waals surface area contributed by atoms with Crippen molar-refractivity contribution >= 4 is 73.9 Å². The van der Waals surface area contributed by atoms with Crippen molar-refractivity contribution in [1.82, 2.24) is 0 Å². The van der Waals surface area contributed by atoms with Crippen LogP contribution in [0.5, 0.6) is 0 Å². The molecule has 2 atom stereocenters. The van der Waals surface area contributed by atoms with Crippen LogP contribution in [-0.2, 0) is 0 Å². The maximum atomic E-state index is 17.3. The molecule has 2 N–H and O–H groups in total. The van der Waals surface area contributed by atoms with Crippen LogP contribution >= 0.6 is 0 Å². The molecular weight excluding hydrogens is 1300 g/mol. The molecule has 1 nitrogen and oxygen atoms in total. The fraction of sp³-hybridized carbons (Fsp3) is 0.224. The van der Waals surface area contributed by atoms with Crippen molar-refractivity contribution < 1.29 is 111 Å². The quantitative estimate of drug-likeness (QED) is 0.0430. The van der Waals surface area contributed by atoms with E-state index in [0.29, 0.717) is 0 Å². The number of unbranched alkanes of at least 4 members (excludes halogenated alkanes) is 1. The predicted molar refractivity (Wildman–Crippen MR) is 305 cm³/mol. The summed E-state index contributed by atoms with van der Waals surface area (Å²) in [5.74, 6) is -73.4. The Hall–Kier alpha value is -7.95. The Bertz CT molecular complexity index is 3990. The lowest BCUT2D eigenvalue weighted by molar-refractivity contribution is -0.660. The molecule has 0 aliphatic carbocycles. The van der Waals surface area contributed by atoms with Crippen LogP contribution in [0.3, 0.4) is 0 Å². The summed E-state index contributed by atoms with van der Waals surface area (Å²) in [6.07, 6.45) is 9.76. The predicted octanol–water partition coefficient (Wildman–Crippen LogP) is 18.0. The van der Waals surface area contributed by atoms with Gasteiger partial charge < -0.3 is 5.32 Å². The monoisotopic (exact) mass is 1350 g/mol. The van der Waals surface area contributed by atoms with Crippen molar-refractivity contribution in [3.8, 4) is 11.1 Å². The largest absolute Gasteiger partial charge is 0.346 e. The van der Waals surface area contributed by atoms with Gasteiger partial charge in [0.2, 0.25) is 0 Å². The first-order valence-corrected chi connectivity index (χ1v) is 30.9. The summed E-state index contributed by atoms with van der Waals surface area (Å²) in [6.45, 7) is 12.0. The second-order valence-electron chi connectivity index (χ2n) is 22.1. The van der Waals surface area contributed by atoms with E-state index in [1.807, 2.05) is 12.1 Å². The molecule has 0 amide bonds. The van der Waals surface area contributed by atoms with Crippen LogP contribution in [0.1, 0.15) is 72.6 Å². The van der Waals surface area contributed by atoms with Gasteiger partial charge in [0, 0.05) is 5.92 Å². The molecule has 10 aromatic rings. The molecule has 0 saturated heterocycles. The fourth-order valence-corrected chi connectivity index (χ4v) is 18.6. The summed E-state index contributed by atoms with van der Waals surface area (Å²) in [5.41, 5.74) is 2.55. The molecule has 0 fully saturated rings. The lowest BCUT2D eigenvalue weighted by Gasteiger charge is -2.44. The van der Waals surface area contributed by atoms with Gasteiger partial charge in [-0.3, -0.25) is 0 Å². The minimum absolute atomic E-state index is 0.786. The summed E-state index contributed by atoms with van der Waals surface area (Å²) in [7, 11) is 0. The van der Waals surface area contributed by atoms with Crippen LogP contribution in [0.2, 0.25) is 0 Å². The van der Waals surface area contributed by atoms with Gasteiger partial charge in [0.1, 0.15) is 23.3 Å². The zero-order valence-electron chi connectivity index (χ0n) is 48.8. The summed E-state index contributed by atoms with van der Waals surface area (Å²) in [4.78, 5) is 0. The number of benzene rings is 10. The number of nitrogens with two attached hydrogens (primary N) is 1. The number of quaternary nitrogens is 1. The first-order valence-electron chi connectivity index (χ1n) is 28.6. The highest BCUT2D eigenvalue weighted by molar-refractivity contribution is 7.23. The number of hydrogen-bond donors (Lipinski definition) is 1. The third-order valence-corrected chi connectivity index (χ3v) is 22.2. The molecule has 492 valence electrons. The van der Waals surface area contributed by atoms with E-state index in [9.17, 15) is 17.6 Å². The molecule has 10 rings (SSSR count). The molecule has 0 heterocycles. The minimum atomic E-state index is -9.12. The van der Waals surface area contributed by atoms with Gasteiger partial charge >= 0.3 is 0 Å². The zero-order chi connectivity index (χ0) is 68.6. The maximum Gasteiger partial charge on any atom is 0.286 e. The SMILES string of the molecule is CCCC[NH2+]CC(C)CCC(CC)CCC.Fc1cc2[c]([Al-]([c]3c(F)c(F)c(F)c4c(F)c(F)c(F)cc34)([c]3c(F)c(F)c(F)c4c(F)c(F)c(F)cc34)[c]3c(F)c(F)c(F)c4c(F)c(F)c(F)cc34)c(F)c(F)c(F)c2c(F)c1F.c1ccc(-c2ccccc2)cc1. The highest BCUT2D eigenvalue weighted by Gasteiger charge is 2.53. The van der Waals surface area contributed by atoms with E-state index in [2.05, 4.69) is 81.5 Å². The molecule has 0 bridgehead atoms. The molecule has 0 spiro atoms. The Morgan fingerprint density at radius 3 is 0.860 bits per heavy atom. The molecule has 0 aliphatic rings. The summed E-state index contributed by atoms with van der Waals surface area (Å²) in [6, 6.07) is 17.6. The van der Waals surface area contributed by atoms with Crippen LogP contribution < -0.4 is 23.0 Å². The number of rotatable bonds is 16. The first-order chi connectivity index (χ1) is 44.0. The van der Waals surface area contributed by atoms with Gasteiger partial charge in [-0.2, -0.15) is 17.7 Å². The Morgan fingerprint density at radius 1 is 0.323 bits per heavy atom. The molecule has 93 heavy (non-hydrogen) atoms. The topological polar surface area (TPSA) is 16.6 Å². The Labute approximate surface area is 515 Å². The van der Waals surface area contributed by atoms with Gasteiger partial charge in [-0.15, -0.1) is 0 Å². The van der Waals surface area contributed by atoms with E-state index in [1.165, 1.54) is 69.2 Å². The van der Waals surface area contributed by atoms with Crippen molar-refractivity contribution in [3.05, 3.63) is 225 Å². The van der Waals surface area contributed by atoms with E-state index in [-0.39, 0.29) is 0 Å². The standard InChI is InChI=1S/C15H33N.C12H10.4C10HF6.Al/c1-5-8-12-16-13-14(4)10-11-15(7-3)9-6-2;1-3-7-11(8-4-1)12-9-5-2-6-10-12;4*11-4-1-3-2-5(12)8(14)10(16)6(3)9(15)7(4)13;/h14-16H,5-13H2,1-4H3;1-10H;4*1H;/q;;;;;;-1/p+1. The molecule has 0 aliphatic heterocycles. The summed E-state index contributed by atoms with van der Waals surface area (Å²) >= 11 is -9.12. The Kier molecular flexibility index (Phi) is 21.9. The average Bonchev–Trinajstić information content (AvgIpc) is 0.669. The second-order valence-corrected chi connectivity index (χ2v) is 26.1. The van der Waals surface area contributed by atoms with E-state index < -0.39 is 238 Å². The maximum absolute atomic E-state index is 17.3. The average molecular weight is 1350 g/mol. The Balaban J connectivity index is 0.000000325. The Morgan fingerprint density at radius 2 is 0.602 bits per heavy atom. The van der Waals surface area contributed by atoms with Crippen LogP contribution in [0, 0.1) is 151 Å². The van der Waals surface area contributed by atoms with Crippen molar-refractivity contribution in [2.24, 2.45) is 11.8 Å². The van der Waals surface area contributed by atoms with Crippen LogP contribution in [0.4, 0.5) is 105 Å². The van der Waals surface area contributed by atoms with Crippen molar-refractivity contribution in [2.75, 3.05) is 13.1 Å². The molecular formula is C67H48AlF24N. The zero-order valence-corrected chi connectivity index (χ0v) is 50.0. The molecule has 0 saturated carbocycles. The van der Waals surface area contributed by atoms with Crippen LogP contribution in [-0.4, -0.2) is 26.2 Å². The molecule has 2 unspecified atom stereocenters. The van der Waals surface area contributed by atoms with Gasteiger partial charge in [-0.25, -0.2) is 105 Å². The van der Waals surface area contributed by atoms with E-state index in [4.69, 9.17) is 0 Å². The first kappa shape index (κ1) is 70.9. The second kappa shape index (κ2) is 28.7. The third kappa shape index (κ3) is 12.6. The summed E-state index contributed by atoms with van der Waals surface area (Å²) in [5, 5.41) is -17.7. The van der Waals surface area contributed by atoms with Crippen LogP contribution in [0.15, 0.2) is 84.9 Å². The van der Waals surface area contributed by atoms with Gasteiger partial charge in [-0.05, 0) is 82.1 Å². The lowest BCUT2D eigenvalue weighted by atomic mass is 9.91. The van der Waals surface area contributed by atoms with Gasteiger partial charge in [0.25, 0.3) is 13.1 Å². The van der Waals surface area contributed by atoms with E-state index >= 15 is 87.8 Å². The molecule has 0 aromatic heterocycles. The number of fused-ring (bicyclic) bond motifs is 4. The molecule has 10 aromatic carbocycles. The minimum Gasteiger partial charge on any atom is -0.346 e. The van der Waals surface area contributed by atoms with Gasteiger partial charge in [0.05, 0.1) is 34.6 Å².